The van der Waals surface area contributed by atoms with E-state index in [2.05, 4.69) is 18.8 Å². The summed E-state index contributed by atoms with van der Waals surface area (Å²) in [5, 5.41) is 3.17. The van der Waals surface area contributed by atoms with Gasteiger partial charge in [-0.05, 0) is 0 Å². The molecule has 0 saturated carbocycles. The molecule has 1 fully saturated rings. The minimum Gasteiger partial charge on any atom is -0.369 e. The van der Waals surface area contributed by atoms with Crippen LogP contribution in [0.3, 0.4) is 0 Å². The predicted octanol–water partition coefficient (Wildman–Crippen LogP) is 1.14. The van der Waals surface area contributed by atoms with E-state index < -0.39 is 0 Å². The fraction of sp³-hybridized carbons (Fsp3) is 0.615. The standard InChI is InChI=1S/C13H19N3O2S/c1-8(2)13-15-10(7-19-13)3-4-16-6-9(12(14)18)5-11(16)17/h7-9H,3-6H2,1-2H3,(H2,14,18). The lowest BCUT2D eigenvalue weighted by molar-refractivity contribution is -0.128. The van der Waals surface area contributed by atoms with E-state index in [1.54, 1.807) is 16.2 Å². The van der Waals surface area contributed by atoms with E-state index in [-0.39, 0.29) is 24.2 Å². The highest BCUT2D eigenvalue weighted by Gasteiger charge is 2.32. The van der Waals surface area contributed by atoms with E-state index in [4.69, 9.17) is 5.73 Å². The highest BCUT2D eigenvalue weighted by molar-refractivity contribution is 7.09. The van der Waals surface area contributed by atoms with Crippen molar-refractivity contribution in [2.45, 2.75) is 32.6 Å². The van der Waals surface area contributed by atoms with Gasteiger partial charge in [-0.1, -0.05) is 13.8 Å². The second-order valence-electron chi connectivity index (χ2n) is 5.22. The first-order chi connectivity index (χ1) is 8.97. The number of likely N-dealkylation sites (tertiary alicyclic amines) is 1. The molecule has 1 unspecified atom stereocenters. The topological polar surface area (TPSA) is 76.3 Å². The molecule has 0 radical (unpaired) electrons. The molecule has 0 aromatic carbocycles. The molecule has 5 nitrogen and oxygen atoms in total. The average Bonchev–Trinajstić information content (AvgIpc) is 2.93. The molecule has 2 amide bonds. The molecule has 2 heterocycles. The van der Waals surface area contributed by atoms with Crippen LogP contribution in [0.4, 0.5) is 0 Å². The summed E-state index contributed by atoms with van der Waals surface area (Å²) >= 11 is 1.66. The van der Waals surface area contributed by atoms with E-state index >= 15 is 0 Å². The lowest BCUT2D eigenvalue weighted by Crippen LogP contribution is -2.30. The molecule has 1 aliphatic heterocycles. The van der Waals surface area contributed by atoms with Gasteiger partial charge < -0.3 is 10.6 Å². The van der Waals surface area contributed by atoms with Crippen molar-refractivity contribution >= 4 is 23.2 Å². The zero-order chi connectivity index (χ0) is 14.0. The smallest absolute Gasteiger partial charge is 0.223 e. The second kappa shape index (κ2) is 5.69. The normalized spacial score (nSPS) is 19.4. The molecule has 0 bridgehead atoms. The van der Waals surface area contributed by atoms with Gasteiger partial charge >= 0.3 is 0 Å². The number of nitrogens with two attached hydrogens (primary N) is 1. The molecule has 1 aromatic rings. The third-order valence-electron chi connectivity index (χ3n) is 3.32. The van der Waals surface area contributed by atoms with Gasteiger partial charge in [0, 0.05) is 37.2 Å². The number of thiazole rings is 1. The monoisotopic (exact) mass is 281 g/mol. The van der Waals surface area contributed by atoms with Crippen molar-refractivity contribution < 1.29 is 9.59 Å². The van der Waals surface area contributed by atoms with E-state index in [0.717, 1.165) is 17.1 Å². The van der Waals surface area contributed by atoms with Gasteiger partial charge in [0.25, 0.3) is 0 Å². The number of hydrogen-bond acceptors (Lipinski definition) is 4. The minimum atomic E-state index is -0.383. The van der Waals surface area contributed by atoms with Crippen LogP contribution in [0, 0.1) is 5.92 Å². The molecule has 1 atom stereocenters. The molecule has 0 spiro atoms. The highest BCUT2D eigenvalue weighted by atomic mass is 32.1. The molecule has 104 valence electrons. The van der Waals surface area contributed by atoms with E-state index in [1.165, 1.54) is 0 Å². The second-order valence-corrected chi connectivity index (χ2v) is 6.11. The summed E-state index contributed by atoms with van der Waals surface area (Å²) in [5.74, 6) is -0.254. The minimum absolute atomic E-state index is 0.0168. The maximum Gasteiger partial charge on any atom is 0.223 e. The molecule has 6 heteroatoms. The fourth-order valence-corrected chi connectivity index (χ4v) is 3.00. The maximum atomic E-state index is 11.7. The molecule has 2 N–H and O–H groups in total. The summed E-state index contributed by atoms with van der Waals surface area (Å²) in [4.78, 5) is 29.1. The average molecular weight is 281 g/mol. The summed E-state index contributed by atoms with van der Waals surface area (Å²) in [6, 6.07) is 0. The number of amides is 2. The molecule has 1 saturated heterocycles. The number of carbonyl (C=O) groups is 2. The van der Waals surface area contributed by atoms with Crippen molar-refractivity contribution in [1.29, 1.82) is 0 Å². The van der Waals surface area contributed by atoms with Crippen LogP contribution >= 0.6 is 11.3 Å². The van der Waals surface area contributed by atoms with Gasteiger partial charge in [0.1, 0.15) is 0 Å². The summed E-state index contributed by atoms with van der Waals surface area (Å²) in [5.41, 5.74) is 6.26. The first-order valence-corrected chi connectivity index (χ1v) is 7.36. The first-order valence-electron chi connectivity index (χ1n) is 6.48. The van der Waals surface area contributed by atoms with Crippen molar-refractivity contribution in [3.8, 4) is 0 Å². The molecular weight excluding hydrogens is 262 g/mol. The Labute approximate surface area is 116 Å². The van der Waals surface area contributed by atoms with Crippen LogP contribution in [0.2, 0.25) is 0 Å². The summed E-state index contributed by atoms with van der Waals surface area (Å²) in [7, 11) is 0. The predicted molar refractivity (Wildman–Crippen MR) is 73.8 cm³/mol. The molecule has 1 aliphatic rings. The Balaban J connectivity index is 1.88. The number of rotatable bonds is 5. The van der Waals surface area contributed by atoms with Crippen molar-refractivity contribution in [3.63, 3.8) is 0 Å². The lowest BCUT2D eigenvalue weighted by Gasteiger charge is -2.15. The summed E-state index contributed by atoms with van der Waals surface area (Å²) in [6.07, 6.45) is 0.990. The van der Waals surface area contributed by atoms with Gasteiger partial charge in [0.2, 0.25) is 11.8 Å². The van der Waals surface area contributed by atoms with E-state index in [0.29, 0.717) is 19.0 Å². The van der Waals surface area contributed by atoms with Gasteiger partial charge in [-0.2, -0.15) is 0 Å². The van der Waals surface area contributed by atoms with Crippen LogP contribution in [-0.2, 0) is 16.0 Å². The SMILES string of the molecule is CC(C)c1nc(CCN2CC(C(N)=O)CC2=O)cs1. The van der Waals surface area contributed by atoms with Crippen molar-refractivity contribution in [1.82, 2.24) is 9.88 Å². The number of carbonyl (C=O) groups excluding carboxylic acids is 2. The largest absolute Gasteiger partial charge is 0.369 e. The molecule has 0 aliphatic carbocycles. The Hall–Kier alpha value is -1.43. The fourth-order valence-electron chi connectivity index (χ4n) is 2.13. The first kappa shape index (κ1) is 14.0. The van der Waals surface area contributed by atoms with Crippen LogP contribution in [0.25, 0.3) is 0 Å². The maximum absolute atomic E-state index is 11.7. The van der Waals surface area contributed by atoms with Crippen LogP contribution in [0.1, 0.15) is 36.9 Å². The zero-order valence-electron chi connectivity index (χ0n) is 11.3. The third kappa shape index (κ3) is 3.32. The molecular formula is C13H19N3O2S. The highest BCUT2D eigenvalue weighted by Crippen LogP contribution is 2.21. The Bertz CT molecular complexity index is 484. The lowest BCUT2D eigenvalue weighted by atomic mass is 10.1. The molecule has 19 heavy (non-hydrogen) atoms. The molecule has 2 rings (SSSR count). The van der Waals surface area contributed by atoms with E-state index in [1.807, 2.05) is 5.38 Å². The Morgan fingerprint density at radius 3 is 2.89 bits per heavy atom. The Morgan fingerprint density at radius 1 is 1.63 bits per heavy atom. The van der Waals surface area contributed by atoms with Gasteiger partial charge in [-0.3, -0.25) is 9.59 Å². The van der Waals surface area contributed by atoms with Gasteiger partial charge in [-0.25, -0.2) is 4.98 Å². The van der Waals surface area contributed by atoms with Crippen molar-refractivity contribution in [3.05, 3.63) is 16.1 Å². The quantitative estimate of drug-likeness (QED) is 0.879. The van der Waals surface area contributed by atoms with E-state index in [9.17, 15) is 9.59 Å². The number of hydrogen-bond donors (Lipinski definition) is 1. The van der Waals surface area contributed by atoms with Gasteiger partial charge in [0.05, 0.1) is 16.6 Å². The van der Waals surface area contributed by atoms with Gasteiger partial charge in [-0.15, -0.1) is 11.3 Å². The molecule has 1 aromatic heterocycles. The van der Waals surface area contributed by atoms with Crippen molar-refractivity contribution in [2.75, 3.05) is 13.1 Å². The number of primary amides is 1. The van der Waals surface area contributed by atoms with Gasteiger partial charge in [0.15, 0.2) is 0 Å². The Morgan fingerprint density at radius 2 is 2.37 bits per heavy atom. The summed E-state index contributed by atoms with van der Waals surface area (Å²) in [6.45, 7) is 5.30. The third-order valence-corrected chi connectivity index (χ3v) is 4.51. The van der Waals surface area contributed by atoms with Crippen LogP contribution in [0.5, 0.6) is 0 Å². The number of nitrogens with zero attached hydrogens (tertiary/aromatic N) is 2. The van der Waals surface area contributed by atoms with Crippen LogP contribution in [-0.4, -0.2) is 34.8 Å². The van der Waals surface area contributed by atoms with Crippen LogP contribution < -0.4 is 5.73 Å². The Kier molecular flexibility index (Phi) is 4.19. The van der Waals surface area contributed by atoms with Crippen molar-refractivity contribution in [2.24, 2.45) is 11.7 Å². The summed E-state index contributed by atoms with van der Waals surface area (Å²) < 4.78 is 0. The number of aromatic nitrogens is 1. The zero-order valence-corrected chi connectivity index (χ0v) is 12.1. The van der Waals surface area contributed by atoms with Crippen LogP contribution in [0.15, 0.2) is 5.38 Å².